The molecule has 0 bridgehead atoms. The topological polar surface area (TPSA) is 73.1 Å². The van der Waals surface area contributed by atoms with Crippen LogP contribution in [0.15, 0.2) is 15.8 Å². The van der Waals surface area contributed by atoms with Crippen molar-refractivity contribution in [2.45, 2.75) is 12.8 Å². The van der Waals surface area contributed by atoms with Gasteiger partial charge in [0.2, 0.25) is 0 Å². The number of carbonyl (C=O) groups excluding carboxylic acids is 1. The summed E-state index contributed by atoms with van der Waals surface area (Å²) in [6.45, 7) is 1.51. The van der Waals surface area contributed by atoms with Crippen LogP contribution in [0.5, 0.6) is 0 Å². The van der Waals surface area contributed by atoms with E-state index in [2.05, 4.69) is 5.32 Å². The van der Waals surface area contributed by atoms with Crippen LogP contribution in [0.2, 0.25) is 0 Å². The highest BCUT2D eigenvalue weighted by Crippen LogP contribution is 2.14. The molecule has 6 heteroatoms. The van der Waals surface area contributed by atoms with Gasteiger partial charge >= 0.3 is 5.69 Å². The lowest BCUT2D eigenvalue weighted by molar-refractivity contribution is 0.0896. The molecule has 2 rings (SSSR count). The lowest BCUT2D eigenvalue weighted by atomic mass is 9.92. The summed E-state index contributed by atoms with van der Waals surface area (Å²) in [4.78, 5) is 35.7. The molecule has 0 aromatic carbocycles. The predicted molar refractivity (Wildman–Crippen MR) is 66.8 cm³/mol. The van der Waals surface area contributed by atoms with Crippen molar-refractivity contribution in [1.29, 1.82) is 0 Å². The van der Waals surface area contributed by atoms with Crippen LogP contribution in [-0.2, 0) is 14.1 Å². The zero-order valence-corrected chi connectivity index (χ0v) is 10.6. The monoisotopic (exact) mass is 251 g/mol. The van der Waals surface area contributed by atoms with Gasteiger partial charge in [-0.05, 0) is 19.4 Å². The van der Waals surface area contributed by atoms with Gasteiger partial charge in [-0.3, -0.25) is 14.2 Å². The fourth-order valence-corrected chi connectivity index (χ4v) is 2.27. The van der Waals surface area contributed by atoms with Crippen LogP contribution in [0, 0.1) is 5.92 Å². The van der Waals surface area contributed by atoms with Crippen LogP contribution in [0.4, 0.5) is 0 Å². The molecule has 0 radical (unpaired) electrons. The number of aromatic nitrogens is 2. The maximum absolute atomic E-state index is 12.3. The van der Waals surface area contributed by atoms with Crippen LogP contribution in [0.3, 0.4) is 0 Å². The summed E-state index contributed by atoms with van der Waals surface area (Å²) in [6, 6.07) is 0. The quantitative estimate of drug-likeness (QED) is 0.703. The Morgan fingerprint density at radius 1 is 1.39 bits per heavy atom. The Hall–Kier alpha value is -1.69. The molecule has 1 aliphatic heterocycles. The highest BCUT2D eigenvalue weighted by Gasteiger charge is 2.25. The third-order valence-corrected chi connectivity index (χ3v) is 3.38. The first kappa shape index (κ1) is 12.8. The molecule has 1 fully saturated rings. The van der Waals surface area contributed by atoms with E-state index in [4.69, 9.17) is 0 Å². The molecule has 1 unspecified atom stereocenters. The second-order valence-corrected chi connectivity index (χ2v) is 4.71. The van der Waals surface area contributed by atoms with Crippen molar-refractivity contribution in [2.24, 2.45) is 20.0 Å². The Kier molecular flexibility index (Phi) is 3.47. The van der Waals surface area contributed by atoms with Gasteiger partial charge in [0, 0.05) is 32.8 Å². The Morgan fingerprint density at radius 3 is 2.72 bits per heavy atom. The van der Waals surface area contributed by atoms with Gasteiger partial charge in [-0.15, -0.1) is 0 Å². The SMILES string of the molecule is Cn1cc(C(=O)C2CCCNC2)c(=O)n(C)c1=O. The smallest absolute Gasteiger partial charge is 0.316 e. The Labute approximate surface area is 104 Å². The van der Waals surface area contributed by atoms with Crippen LogP contribution in [0.25, 0.3) is 0 Å². The zero-order chi connectivity index (χ0) is 13.3. The molecule has 1 aromatic rings. The first-order valence-electron chi connectivity index (χ1n) is 6.04. The Morgan fingerprint density at radius 2 is 2.11 bits per heavy atom. The Balaban J connectivity index is 2.42. The average Bonchev–Trinajstić information content (AvgIpc) is 2.41. The normalized spacial score (nSPS) is 19.8. The number of Topliss-reactive ketones (excluding diaryl/α,β-unsaturated/α-hetero) is 1. The number of aryl methyl sites for hydroxylation is 1. The van der Waals surface area contributed by atoms with E-state index in [0.717, 1.165) is 24.0 Å². The number of hydrogen-bond donors (Lipinski definition) is 1. The molecular weight excluding hydrogens is 234 g/mol. The van der Waals surface area contributed by atoms with Crippen molar-refractivity contribution < 1.29 is 4.79 Å². The molecule has 0 saturated carbocycles. The molecule has 0 aliphatic carbocycles. The van der Waals surface area contributed by atoms with E-state index < -0.39 is 11.2 Å². The molecule has 0 amide bonds. The van der Waals surface area contributed by atoms with Gasteiger partial charge in [0.1, 0.15) is 0 Å². The summed E-state index contributed by atoms with van der Waals surface area (Å²) in [5.74, 6) is -0.331. The second kappa shape index (κ2) is 4.89. The number of nitrogens with one attached hydrogen (secondary N) is 1. The van der Waals surface area contributed by atoms with Crippen molar-refractivity contribution in [3.8, 4) is 0 Å². The van der Waals surface area contributed by atoms with Gasteiger partial charge in [0.25, 0.3) is 5.56 Å². The first-order valence-corrected chi connectivity index (χ1v) is 6.04. The maximum Gasteiger partial charge on any atom is 0.330 e. The molecule has 98 valence electrons. The molecule has 0 spiro atoms. The van der Waals surface area contributed by atoms with Gasteiger partial charge in [0.15, 0.2) is 5.78 Å². The van der Waals surface area contributed by atoms with E-state index in [1.807, 2.05) is 0 Å². The van der Waals surface area contributed by atoms with Crippen molar-refractivity contribution >= 4 is 5.78 Å². The molecule has 1 atom stereocenters. The summed E-state index contributed by atoms with van der Waals surface area (Å²) in [5, 5.41) is 3.15. The maximum atomic E-state index is 12.3. The molecule has 6 nitrogen and oxygen atoms in total. The standard InChI is InChI=1S/C12H17N3O3/c1-14-7-9(11(17)15(2)12(14)18)10(16)8-4-3-5-13-6-8/h7-8,13H,3-6H2,1-2H3. The third kappa shape index (κ3) is 2.15. The van der Waals surface area contributed by atoms with Crippen LogP contribution < -0.4 is 16.6 Å². The van der Waals surface area contributed by atoms with Crippen molar-refractivity contribution in [3.63, 3.8) is 0 Å². The van der Waals surface area contributed by atoms with Gasteiger partial charge in [-0.2, -0.15) is 0 Å². The third-order valence-electron chi connectivity index (χ3n) is 3.38. The number of rotatable bonds is 2. The van der Waals surface area contributed by atoms with E-state index >= 15 is 0 Å². The lowest BCUT2D eigenvalue weighted by Gasteiger charge is -2.21. The highest BCUT2D eigenvalue weighted by molar-refractivity contribution is 5.97. The zero-order valence-electron chi connectivity index (χ0n) is 10.6. The summed E-state index contributed by atoms with van der Waals surface area (Å²) >= 11 is 0. The van der Waals surface area contributed by atoms with Gasteiger partial charge in [0.05, 0.1) is 5.56 Å². The van der Waals surface area contributed by atoms with Gasteiger partial charge in [-0.1, -0.05) is 0 Å². The summed E-state index contributed by atoms with van der Waals surface area (Å²) in [6.07, 6.45) is 3.07. The molecule has 1 aromatic heterocycles. The summed E-state index contributed by atoms with van der Waals surface area (Å²) in [7, 11) is 2.93. The fourth-order valence-electron chi connectivity index (χ4n) is 2.27. The predicted octanol–water partition coefficient (Wildman–Crippen LogP) is -0.734. The van der Waals surface area contributed by atoms with Crippen molar-refractivity contribution in [1.82, 2.24) is 14.5 Å². The lowest BCUT2D eigenvalue weighted by Crippen LogP contribution is -2.42. The molecule has 1 aliphatic rings. The fraction of sp³-hybridized carbons (Fsp3) is 0.583. The van der Waals surface area contributed by atoms with E-state index in [1.54, 1.807) is 0 Å². The first-order chi connectivity index (χ1) is 8.52. The molecule has 1 saturated heterocycles. The van der Waals surface area contributed by atoms with Gasteiger partial charge < -0.3 is 9.88 Å². The van der Waals surface area contributed by atoms with Crippen LogP contribution in [0.1, 0.15) is 23.2 Å². The molecule has 18 heavy (non-hydrogen) atoms. The summed E-state index contributed by atoms with van der Waals surface area (Å²) < 4.78 is 2.24. The van der Waals surface area contributed by atoms with Crippen molar-refractivity contribution in [3.05, 3.63) is 32.6 Å². The van der Waals surface area contributed by atoms with E-state index in [1.165, 1.54) is 24.9 Å². The average molecular weight is 251 g/mol. The van der Waals surface area contributed by atoms with Crippen LogP contribution >= 0.6 is 0 Å². The number of carbonyl (C=O) groups is 1. The molecular formula is C12H17N3O3. The van der Waals surface area contributed by atoms with E-state index in [0.29, 0.717) is 6.54 Å². The number of hydrogen-bond acceptors (Lipinski definition) is 4. The molecule has 2 heterocycles. The highest BCUT2D eigenvalue weighted by atomic mass is 16.2. The largest absolute Gasteiger partial charge is 0.330 e. The molecule has 1 N–H and O–H groups in total. The second-order valence-electron chi connectivity index (χ2n) is 4.71. The summed E-state index contributed by atoms with van der Waals surface area (Å²) in [5.41, 5.74) is -0.819. The number of piperidine rings is 1. The van der Waals surface area contributed by atoms with Gasteiger partial charge in [-0.25, -0.2) is 4.79 Å². The minimum Gasteiger partial charge on any atom is -0.316 e. The minimum absolute atomic E-state index is 0.105. The van der Waals surface area contributed by atoms with E-state index in [9.17, 15) is 14.4 Å². The number of ketones is 1. The minimum atomic E-state index is -0.506. The van der Waals surface area contributed by atoms with Crippen molar-refractivity contribution in [2.75, 3.05) is 13.1 Å². The number of nitrogens with zero attached hydrogens (tertiary/aromatic N) is 2. The Bertz CT molecular complexity index is 579. The van der Waals surface area contributed by atoms with Crippen LogP contribution in [-0.4, -0.2) is 28.0 Å². The van der Waals surface area contributed by atoms with E-state index in [-0.39, 0.29) is 17.3 Å².